The van der Waals surface area contributed by atoms with Crippen LogP contribution in [0.25, 0.3) is 0 Å². The van der Waals surface area contributed by atoms with E-state index < -0.39 is 0 Å². The van der Waals surface area contributed by atoms with Crippen molar-refractivity contribution >= 4 is 17.8 Å². The van der Waals surface area contributed by atoms with Gasteiger partial charge in [-0.3, -0.25) is 15.0 Å². The molecule has 2 heterocycles. The van der Waals surface area contributed by atoms with Gasteiger partial charge in [-0.2, -0.15) is 5.10 Å². The molecule has 0 atom stereocenters. The highest BCUT2D eigenvalue weighted by atomic mass is 16.2. The normalized spacial score (nSPS) is 15.5. The molecule has 1 aromatic rings. The lowest BCUT2D eigenvalue weighted by atomic mass is 10.2. The summed E-state index contributed by atoms with van der Waals surface area (Å²) in [5.74, 6) is 1.23. The van der Waals surface area contributed by atoms with E-state index in [1.54, 1.807) is 16.9 Å². The van der Waals surface area contributed by atoms with E-state index in [1.165, 1.54) is 0 Å². The van der Waals surface area contributed by atoms with E-state index in [0.29, 0.717) is 31.4 Å². The topological polar surface area (TPSA) is 91.3 Å². The Balaban J connectivity index is 1.65. The van der Waals surface area contributed by atoms with Gasteiger partial charge in [-0.15, -0.1) is 0 Å². The number of urea groups is 1. The molecular weight excluding hydrogens is 296 g/mol. The van der Waals surface area contributed by atoms with Crippen LogP contribution >= 0.6 is 0 Å². The minimum absolute atomic E-state index is 0.0698. The summed E-state index contributed by atoms with van der Waals surface area (Å²) in [6, 6.07) is 1.56. The van der Waals surface area contributed by atoms with Gasteiger partial charge in [-0.25, -0.2) is 9.48 Å². The van der Waals surface area contributed by atoms with Gasteiger partial charge in [0, 0.05) is 38.8 Å². The SMILES string of the molecule is CC(C)Cn1nccc1NC(=O)NCCCN1CCNC(=O)C1. The minimum Gasteiger partial charge on any atom is -0.354 e. The van der Waals surface area contributed by atoms with E-state index in [1.807, 2.05) is 0 Å². The first-order chi connectivity index (χ1) is 11.0. The number of anilines is 1. The summed E-state index contributed by atoms with van der Waals surface area (Å²) in [5.41, 5.74) is 0. The first-order valence-electron chi connectivity index (χ1n) is 8.10. The number of carbonyl (C=O) groups is 2. The maximum Gasteiger partial charge on any atom is 0.320 e. The first kappa shape index (κ1) is 17.3. The maximum atomic E-state index is 11.9. The van der Waals surface area contributed by atoms with Crippen molar-refractivity contribution < 1.29 is 9.59 Å². The predicted molar refractivity (Wildman–Crippen MR) is 88.2 cm³/mol. The van der Waals surface area contributed by atoms with Gasteiger partial charge >= 0.3 is 6.03 Å². The Morgan fingerprint density at radius 2 is 2.30 bits per heavy atom. The zero-order chi connectivity index (χ0) is 16.7. The van der Waals surface area contributed by atoms with Crippen LogP contribution in [0.2, 0.25) is 0 Å². The zero-order valence-electron chi connectivity index (χ0n) is 13.8. The lowest BCUT2D eigenvalue weighted by Crippen LogP contribution is -2.48. The summed E-state index contributed by atoms with van der Waals surface area (Å²) in [6.45, 7) is 8.36. The van der Waals surface area contributed by atoms with Crippen molar-refractivity contribution in [3.8, 4) is 0 Å². The van der Waals surface area contributed by atoms with Crippen molar-refractivity contribution in [1.29, 1.82) is 0 Å². The molecule has 0 bridgehead atoms. The molecule has 0 spiro atoms. The van der Waals surface area contributed by atoms with Crippen LogP contribution in [0, 0.1) is 5.92 Å². The Bertz CT molecular complexity index is 528. The molecule has 8 nitrogen and oxygen atoms in total. The van der Waals surface area contributed by atoms with Crippen LogP contribution in [0.5, 0.6) is 0 Å². The molecule has 1 fully saturated rings. The van der Waals surface area contributed by atoms with Gasteiger partial charge in [0.25, 0.3) is 0 Å². The summed E-state index contributed by atoms with van der Waals surface area (Å²) in [5, 5.41) is 12.6. The van der Waals surface area contributed by atoms with E-state index >= 15 is 0 Å². The van der Waals surface area contributed by atoms with Crippen LogP contribution in [-0.4, -0.2) is 59.3 Å². The summed E-state index contributed by atoms with van der Waals surface area (Å²) in [6.07, 6.45) is 2.49. The van der Waals surface area contributed by atoms with E-state index in [4.69, 9.17) is 0 Å². The van der Waals surface area contributed by atoms with Gasteiger partial charge < -0.3 is 10.6 Å². The Labute approximate surface area is 136 Å². The Morgan fingerprint density at radius 1 is 1.48 bits per heavy atom. The van der Waals surface area contributed by atoms with Gasteiger partial charge in [-0.05, 0) is 12.3 Å². The molecular formula is C15H26N6O2. The molecule has 0 aliphatic carbocycles. The van der Waals surface area contributed by atoms with Crippen LogP contribution in [0.4, 0.5) is 10.6 Å². The van der Waals surface area contributed by atoms with Crippen LogP contribution < -0.4 is 16.0 Å². The number of hydrogen-bond acceptors (Lipinski definition) is 4. The third-order valence-corrected chi connectivity index (χ3v) is 3.55. The summed E-state index contributed by atoms with van der Waals surface area (Å²) < 4.78 is 1.79. The second kappa shape index (κ2) is 8.52. The second-order valence-corrected chi connectivity index (χ2v) is 6.15. The van der Waals surface area contributed by atoms with Gasteiger partial charge in [0.15, 0.2) is 0 Å². The molecule has 0 aromatic carbocycles. The number of nitrogens with one attached hydrogen (secondary N) is 3. The molecule has 8 heteroatoms. The number of amides is 3. The molecule has 3 amide bonds. The smallest absolute Gasteiger partial charge is 0.320 e. The molecule has 0 saturated carbocycles. The highest BCUT2D eigenvalue weighted by molar-refractivity contribution is 5.88. The van der Waals surface area contributed by atoms with Crippen molar-refractivity contribution in [2.45, 2.75) is 26.8 Å². The van der Waals surface area contributed by atoms with E-state index in [0.717, 1.165) is 26.1 Å². The van der Waals surface area contributed by atoms with E-state index in [-0.39, 0.29) is 11.9 Å². The molecule has 2 rings (SSSR count). The van der Waals surface area contributed by atoms with Crippen LogP contribution in [-0.2, 0) is 11.3 Å². The molecule has 0 unspecified atom stereocenters. The molecule has 23 heavy (non-hydrogen) atoms. The first-order valence-corrected chi connectivity index (χ1v) is 8.10. The summed E-state index contributed by atoms with van der Waals surface area (Å²) >= 11 is 0. The highest BCUT2D eigenvalue weighted by Gasteiger charge is 2.15. The molecule has 128 valence electrons. The van der Waals surface area contributed by atoms with E-state index in [2.05, 4.69) is 39.8 Å². The highest BCUT2D eigenvalue weighted by Crippen LogP contribution is 2.08. The average Bonchev–Trinajstić information content (AvgIpc) is 2.90. The number of nitrogens with zero attached hydrogens (tertiary/aromatic N) is 3. The predicted octanol–water partition coefficient (Wildman–Crippen LogP) is 0.483. The third-order valence-electron chi connectivity index (χ3n) is 3.55. The zero-order valence-corrected chi connectivity index (χ0v) is 13.8. The average molecular weight is 322 g/mol. The van der Waals surface area contributed by atoms with Gasteiger partial charge in [0.2, 0.25) is 5.91 Å². The van der Waals surface area contributed by atoms with Crippen LogP contribution in [0.1, 0.15) is 20.3 Å². The van der Waals surface area contributed by atoms with E-state index in [9.17, 15) is 9.59 Å². The summed E-state index contributed by atoms with van der Waals surface area (Å²) in [4.78, 5) is 25.3. The van der Waals surface area contributed by atoms with Crippen molar-refractivity contribution in [3.63, 3.8) is 0 Å². The van der Waals surface area contributed by atoms with Gasteiger partial charge in [-0.1, -0.05) is 13.8 Å². The lowest BCUT2D eigenvalue weighted by molar-refractivity contribution is -0.124. The fraction of sp³-hybridized carbons (Fsp3) is 0.667. The number of carbonyl (C=O) groups excluding carboxylic acids is 2. The Hall–Kier alpha value is -2.09. The van der Waals surface area contributed by atoms with Crippen molar-refractivity contribution in [2.75, 3.05) is 38.0 Å². The fourth-order valence-corrected chi connectivity index (χ4v) is 2.48. The molecule has 1 aromatic heterocycles. The number of hydrogen-bond donors (Lipinski definition) is 3. The molecule has 1 saturated heterocycles. The van der Waals surface area contributed by atoms with Crippen LogP contribution in [0.3, 0.4) is 0 Å². The number of aromatic nitrogens is 2. The van der Waals surface area contributed by atoms with Crippen molar-refractivity contribution in [1.82, 2.24) is 25.3 Å². The third kappa shape index (κ3) is 5.90. The molecule has 3 N–H and O–H groups in total. The van der Waals surface area contributed by atoms with Crippen molar-refractivity contribution in [2.24, 2.45) is 5.92 Å². The van der Waals surface area contributed by atoms with Crippen molar-refractivity contribution in [3.05, 3.63) is 12.3 Å². The Morgan fingerprint density at radius 3 is 3.04 bits per heavy atom. The monoisotopic (exact) mass is 322 g/mol. The largest absolute Gasteiger partial charge is 0.354 e. The number of rotatable bonds is 7. The van der Waals surface area contributed by atoms with Gasteiger partial charge in [0.1, 0.15) is 5.82 Å². The summed E-state index contributed by atoms with van der Waals surface area (Å²) in [7, 11) is 0. The quantitative estimate of drug-likeness (QED) is 0.637. The molecule has 1 aliphatic rings. The lowest BCUT2D eigenvalue weighted by Gasteiger charge is -2.26. The molecule has 0 radical (unpaired) electrons. The minimum atomic E-state index is -0.230. The second-order valence-electron chi connectivity index (χ2n) is 6.15. The van der Waals surface area contributed by atoms with Crippen LogP contribution in [0.15, 0.2) is 12.3 Å². The number of piperazine rings is 1. The fourth-order valence-electron chi connectivity index (χ4n) is 2.48. The molecule has 1 aliphatic heterocycles. The standard InChI is InChI=1S/C15H26N6O2/c1-12(2)10-21-13(4-6-18-21)19-15(23)17-5-3-8-20-9-7-16-14(22)11-20/h4,6,12H,3,5,7-11H2,1-2H3,(H,16,22)(H2,17,19,23). The Kier molecular flexibility index (Phi) is 6.40. The maximum absolute atomic E-state index is 11.9. The van der Waals surface area contributed by atoms with Gasteiger partial charge in [0.05, 0.1) is 12.7 Å².